The van der Waals surface area contributed by atoms with E-state index in [0.29, 0.717) is 6.54 Å². The molecule has 0 bridgehead atoms. The minimum atomic E-state index is -0.829. The topological polar surface area (TPSA) is 62.5 Å². The van der Waals surface area contributed by atoms with Crippen LogP contribution >= 0.6 is 23.1 Å². The van der Waals surface area contributed by atoms with Gasteiger partial charge in [-0.2, -0.15) is 5.10 Å². The third kappa shape index (κ3) is 4.47. The molecule has 150 valence electrons. The van der Waals surface area contributed by atoms with Gasteiger partial charge >= 0.3 is 0 Å². The molecule has 0 aliphatic heterocycles. The van der Waals surface area contributed by atoms with Gasteiger partial charge in [0.25, 0.3) is 0 Å². The summed E-state index contributed by atoms with van der Waals surface area (Å²) in [6.07, 6.45) is 1.86. The molecule has 0 unspecified atom stereocenters. The molecule has 1 aromatic carbocycles. The van der Waals surface area contributed by atoms with Crippen molar-refractivity contribution < 1.29 is 5.11 Å². The molecule has 0 radical (unpaired) electrons. The van der Waals surface area contributed by atoms with Gasteiger partial charge in [0, 0.05) is 12.1 Å². The Bertz CT molecular complexity index is 1140. The molecule has 0 saturated carbocycles. The summed E-state index contributed by atoms with van der Waals surface area (Å²) in [6, 6.07) is 12.5. The molecule has 0 atom stereocenters. The Labute approximate surface area is 178 Å². The molecule has 3 aromatic heterocycles. The fourth-order valence-corrected chi connectivity index (χ4v) is 4.68. The lowest BCUT2D eigenvalue weighted by atomic mass is 10.0. The summed E-state index contributed by atoms with van der Waals surface area (Å²) in [5.74, 6) is 0. The SMILES string of the molecule is Cc1ccc(-c2cnc3c(NCC(C)(C)O)cc(Sc4cccs4)nn23)cc1C. The van der Waals surface area contributed by atoms with E-state index >= 15 is 0 Å². The van der Waals surface area contributed by atoms with Gasteiger partial charge < -0.3 is 10.4 Å². The lowest BCUT2D eigenvalue weighted by Crippen LogP contribution is -2.29. The zero-order valence-corrected chi connectivity index (χ0v) is 18.6. The molecule has 5 nitrogen and oxygen atoms in total. The fraction of sp³-hybridized carbons (Fsp3) is 0.273. The van der Waals surface area contributed by atoms with Crippen LogP contribution < -0.4 is 5.32 Å². The van der Waals surface area contributed by atoms with Crippen molar-refractivity contribution in [1.82, 2.24) is 14.6 Å². The van der Waals surface area contributed by atoms with E-state index in [1.54, 1.807) is 36.9 Å². The number of fused-ring (bicyclic) bond motifs is 1. The van der Waals surface area contributed by atoms with Gasteiger partial charge in [-0.1, -0.05) is 30.0 Å². The second-order valence-corrected chi connectivity index (χ2v) is 10.0. The summed E-state index contributed by atoms with van der Waals surface area (Å²) in [5.41, 5.74) is 5.31. The number of anilines is 1. The maximum absolute atomic E-state index is 10.2. The number of aliphatic hydroxyl groups is 1. The summed E-state index contributed by atoms with van der Waals surface area (Å²) < 4.78 is 3.07. The Morgan fingerprint density at radius 3 is 2.69 bits per heavy atom. The molecule has 0 fully saturated rings. The molecule has 4 rings (SSSR count). The molecular formula is C22H24N4OS2. The van der Waals surface area contributed by atoms with Crippen LogP contribution in [0.5, 0.6) is 0 Å². The van der Waals surface area contributed by atoms with Crippen molar-refractivity contribution in [3.63, 3.8) is 0 Å². The molecule has 0 aliphatic rings. The highest BCUT2D eigenvalue weighted by Crippen LogP contribution is 2.34. The Balaban J connectivity index is 1.82. The van der Waals surface area contributed by atoms with Gasteiger partial charge in [-0.05, 0) is 62.4 Å². The number of aryl methyl sites for hydroxylation is 2. The van der Waals surface area contributed by atoms with Crippen molar-refractivity contribution in [3.05, 3.63) is 59.1 Å². The van der Waals surface area contributed by atoms with Crippen LogP contribution in [-0.2, 0) is 0 Å². The highest BCUT2D eigenvalue weighted by atomic mass is 32.2. The number of hydrogen-bond donors (Lipinski definition) is 2. The molecule has 7 heteroatoms. The van der Waals surface area contributed by atoms with Gasteiger partial charge in [0.1, 0.15) is 5.03 Å². The van der Waals surface area contributed by atoms with Crippen LogP contribution in [0.15, 0.2) is 57.2 Å². The minimum Gasteiger partial charge on any atom is -0.389 e. The van der Waals surface area contributed by atoms with E-state index in [0.717, 1.165) is 27.6 Å². The molecule has 3 heterocycles. The van der Waals surface area contributed by atoms with Crippen molar-refractivity contribution >= 4 is 34.4 Å². The van der Waals surface area contributed by atoms with Gasteiger partial charge in [0.15, 0.2) is 5.65 Å². The maximum atomic E-state index is 10.2. The Kier molecular flexibility index (Phi) is 5.38. The molecule has 4 aromatic rings. The molecule has 0 amide bonds. The third-order valence-electron chi connectivity index (χ3n) is 4.66. The predicted molar refractivity (Wildman–Crippen MR) is 121 cm³/mol. The van der Waals surface area contributed by atoms with E-state index in [4.69, 9.17) is 5.10 Å². The number of nitrogens with zero attached hydrogens (tertiary/aromatic N) is 3. The summed E-state index contributed by atoms with van der Waals surface area (Å²) >= 11 is 3.32. The van der Waals surface area contributed by atoms with E-state index in [2.05, 4.69) is 53.8 Å². The van der Waals surface area contributed by atoms with Gasteiger partial charge in [-0.3, -0.25) is 0 Å². The van der Waals surface area contributed by atoms with Crippen LogP contribution in [0.1, 0.15) is 25.0 Å². The van der Waals surface area contributed by atoms with Crippen LogP contribution in [0.2, 0.25) is 0 Å². The summed E-state index contributed by atoms with van der Waals surface area (Å²) in [5, 5.41) is 21.3. The number of rotatable bonds is 6. The average molecular weight is 425 g/mol. The first-order chi connectivity index (χ1) is 13.8. The zero-order chi connectivity index (χ0) is 20.6. The van der Waals surface area contributed by atoms with Crippen molar-refractivity contribution in [3.8, 4) is 11.3 Å². The van der Waals surface area contributed by atoms with Gasteiger partial charge in [0.2, 0.25) is 0 Å². The normalized spacial score (nSPS) is 11.9. The van der Waals surface area contributed by atoms with Crippen LogP contribution in [0, 0.1) is 13.8 Å². The largest absolute Gasteiger partial charge is 0.389 e. The second-order valence-electron chi connectivity index (χ2n) is 7.77. The van der Waals surface area contributed by atoms with Crippen LogP contribution in [-0.4, -0.2) is 31.9 Å². The quantitative estimate of drug-likeness (QED) is 0.433. The Morgan fingerprint density at radius 2 is 2.00 bits per heavy atom. The Hall–Kier alpha value is -2.35. The molecule has 0 aliphatic carbocycles. The number of thiophene rings is 1. The van der Waals surface area contributed by atoms with Crippen molar-refractivity contribution in [2.24, 2.45) is 0 Å². The molecular weight excluding hydrogens is 400 g/mol. The fourth-order valence-electron chi connectivity index (χ4n) is 2.96. The average Bonchev–Trinajstić information content (AvgIpc) is 3.31. The van der Waals surface area contributed by atoms with E-state index in [9.17, 15) is 5.11 Å². The predicted octanol–water partition coefficient (Wildman–Crippen LogP) is 5.41. The highest BCUT2D eigenvalue weighted by Gasteiger charge is 2.17. The monoisotopic (exact) mass is 424 g/mol. The van der Waals surface area contributed by atoms with E-state index < -0.39 is 5.60 Å². The van der Waals surface area contributed by atoms with Crippen LogP contribution in [0.4, 0.5) is 5.69 Å². The smallest absolute Gasteiger partial charge is 0.177 e. The molecule has 2 N–H and O–H groups in total. The third-order valence-corrected chi connectivity index (χ3v) is 6.61. The van der Waals surface area contributed by atoms with Gasteiger partial charge in [-0.25, -0.2) is 9.50 Å². The standard InChI is InChI=1S/C22H24N4OS2/c1-14-7-8-16(10-15(14)2)18-12-23-21-17(24-13-22(3,4)27)11-19(25-26(18)21)29-20-6-5-9-28-20/h5-12,24,27H,13H2,1-4H3. The van der Waals surface area contributed by atoms with Crippen molar-refractivity contribution in [2.75, 3.05) is 11.9 Å². The summed E-state index contributed by atoms with van der Waals surface area (Å²) in [6.45, 7) is 8.21. The number of imidazole rings is 1. The highest BCUT2D eigenvalue weighted by molar-refractivity contribution is 8.01. The van der Waals surface area contributed by atoms with E-state index in [1.807, 2.05) is 22.8 Å². The summed E-state index contributed by atoms with van der Waals surface area (Å²) in [7, 11) is 0. The van der Waals surface area contributed by atoms with E-state index in [-0.39, 0.29) is 0 Å². The van der Waals surface area contributed by atoms with Gasteiger partial charge in [0.05, 0.1) is 27.4 Å². The lowest BCUT2D eigenvalue weighted by molar-refractivity contribution is 0.0945. The number of nitrogens with one attached hydrogen (secondary N) is 1. The van der Waals surface area contributed by atoms with Crippen molar-refractivity contribution in [2.45, 2.75) is 42.5 Å². The van der Waals surface area contributed by atoms with Gasteiger partial charge in [-0.15, -0.1) is 11.3 Å². The van der Waals surface area contributed by atoms with Crippen LogP contribution in [0.3, 0.4) is 0 Å². The number of hydrogen-bond acceptors (Lipinski definition) is 6. The van der Waals surface area contributed by atoms with Crippen molar-refractivity contribution in [1.29, 1.82) is 0 Å². The maximum Gasteiger partial charge on any atom is 0.177 e. The molecule has 0 saturated heterocycles. The minimum absolute atomic E-state index is 0.418. The summed E-state index contributed by atoms with van der Waals surface area (Å²) in [4.78, 5) is 4.64. The first-order valence-corrected chi connectivity index (χ1v) is 11.1. The molecule has 0 spiro atoms. The van der Waals surface area contributed by atoms with E-state index in [1.165, 1.54) is 15.3 Å². The Morgan fingerprint density at radius 1 is 1.17 bits per heavy atom. The first-order valence-electron chi connectivity index (χ1n) is 9.44. The zero-order valence-electron chi connectivity index (χ0n) is 16.9. The van der Waals surface area contributed by atoms with Crippen LogP contribution in [0.25, 0.3) is 16.9 Å². The number of aromatic nitrogens is 3. The second kappa shape index (κ2) is 7.82. The lowest BCUT2D eigenvalue weighted by Gasteiger charge is -2.19. The molecule has 29 heavy (non-hydrogen) atoms. The first kappa shape index (κ1) is 19.9. The number of benzene rings is 1.